The van der Waals surface area contributed by atoms with E-state index < -0.39 is 0 Å². The lowest BCUT2D eigenvalue weighted by atomic mass is 9.97. The Balaban J connectivity index is 1.27. The van der Waals surface area contributed by atoms with Crippen molar-refractivity contribution in [3.05, 3.63) is 80.5 Å². The van der Waals surface area contributed by atoms with Gasteiger partial charge in [0.05, 0.1) is 28.9 Å². The van der Waals surface area contributed by atoms with Crippen LogP contribution in [-0.2, 0) is 18.4 Å². The maximum Gasteiger partial charge on any atom is 0.295 e. The van der Waals surface area contributed by atoms with Crippen LogP contribution >= 0.6 is 23.2 Å². The van der Waals surface area contributed by atoms with Crippen LogP contribution in [0.3, 0.4) is 0 Å². The molecule has 1 unspecified atom stereocenters. The number of rotatable bonds is 6. The molecule has 4 aromatic rings. The smallest absolute Gasteiger partial charge is 0.295 e. The number of amides is 1. The highest BCUT2D eigenvalue weighted by Gasteiger charge is 2.29. The molecule has 0 radical (unpaired) electrons. The highest BCUT2D eigenvalue weighted by Crippen LogP contribution is 2.29. The number of benzene rings is 2. The molecule has 37 heavy (non-hydrogen) atoms. The lowest BCUT2D eigenvalue weighted by Gasteiger charge is -2.30. The van der Waals surface area contributed by atoms with Crippen molar-refractivity contribution in [2.45, 2.75) is 26.3 Å². The Kier molecular flexibility index (Phi) is 7.19. The minimum absolute atomic E-state index is 0.171. The van der Waals surface area contributed by atoms with Crippen LogP contribution in [0.25, 0.3) is 17.1 Å². The summed E-state index contributed by atoms with van der Waals surface area (Å²) < 4.78 is 8.75. The van der Waals surface area contributed by atoms with E-state index in [1.54, 1.807) is 34.6 Å². The number of piperidine rings is 1. The van der Waals surface area contributed by atoms with Gasteiger partial charge in [0.1, 0.15) is 5.69 Å². The quantitative estimate of drug-likeness (QED) is 0.380. The first-order chi connectivity index (χ1) is 17.8. The molecule has 0 aliphatic carbocycles. The van der Waals surface area contributed by atoms with Crippen molar-refractivity contribution in [3.8, 4) is 17.1 Å². The average Bonchev–Trinajstić information content (AvgIpc) is 3.42. The Hall–Kier alpha value is -3.40. The summed E-state index contributed by atoms with van der Waals surface area (Å²) in [6, 6.07) is 14.4. The molecular weight excluding hydrogens is 515 g/mol. The molecule has 11 heteroatoms. The molecule has 1 amide bonds. The van der Waals surface area contributed by atoms with Gasteiger partial charge in [-0.2, -0.15) is 4.98 Å². The Morgan fingerprint density at radius 1 is 1.19 bits per heavy atom. The minimum Gasteiger partial charge on any atom is -0.338 e. The molecule has 0 bridgehead atoms. The van der Waals surface area contributed by atoms with Crippen LogP contribution in [0.15, 0.2) is 57.8 Å². The van der Waals surface area contributed by atoms with E-state index in [9.17, 15) is 9.59 Å². The standard InChI is InChI=1S/C26H26Cl2N6O3/c1-16-23(26(36)34(32(16)2)19-8-4-3-5-9-19)30-25(35)17-7-6-12-33(14-17)15-22-29-24(31-37-22)20-11-10-18(27)13-21(20)28/h3-5,8-11,13,17H,6-7,12,14-15H2,1-2H3,(H,30,35). The molecule has 1 aliphatic rings. The molecule has 3 heterocycles. The van der Waals surface area contributed by atoms with Gasteiger partial charge in [-0.1, -0.05) is 46.6 Å². The molecule has 1 fully saturated rings. The predicted molar refractivity (Wildman–Crippen MR) is 142 cm³/mol. The zero-order valence-electron chi connectivity index (χ0n) is 20.4. The predicted octanol–water partition coefficient (Wildman–Crippen LogP) is 4.69. The fraction of sp³-hybridized carbons (Fsp3) is 0.308. The second kappa shape index (κ2) is 10.5. The van der Waals surface area contributed by atoms with Crippen LogP contribution in [0.4, 0.5) is 5.69 Å². The number of carbonyl (C=O) groups excluding carboxylic acids is 1. The number of nitrogens with one attached hydrogen (secondary N) is 1. The summed E-state index contributed by atoms with van der Waals surface area (Å²) in [5, 5.41) is 7.92. The Labute approximate surface area is 223 Å². The van der Waals surface area contributed by atoms with E-state index in [0.717, 1.165) is 25.1 Å². The molecule has 9 nitrogen and oxygen atoms in total. The first-order valence-electron chi connectivity index (χ1n) is 12.0. The van der Waals surface area contributed by atoms with Crippen LogP contribution in [-0.4, -0.2) is 43.4 Å². The lowest BCUT2D eigenvalue weighted by molar-refractivity contribution is -0.121. The molecule has 1 atom stereocenters. The number of aromatic nitrogens is 4. The van der Waals surface area contributed by atoms with Crippen molar-refractivity contribution in [2.75, 3.05) is 18.4 Å². The maximum absolute atomic E-state index is 13.2. The zero-order chi connectivity index (χ0) is 26.1. The van der Waals surface area contributed by atoms with E-state index in [1.165, 1.54) is 0 Å². The van der Waals surface area contributed by atoms with Crippen molar-refractivity contribution in [1.29, 1.82) is 0 Å². The van der Waals surface area contributed by atoms with Crippen LogP contribution in [0.2, 0.25) is 10.0 Å². The van der Waals surface area contributed by atoms with Crippen molar-refractivity contribution in [2.24, 2.45) is 13.0 Å². The third-order valence-corrected chi connectivity index (χ3v) is 7.23. The van der Waals surface area contributed by atoms with Gasteiger partial charge in [0.25, 0.3) is 5.56 Å². The van der Waals surface area contributed by atoms with Gasteiger partial charge >= 0.3 is 0 Å². The van der Waals surface area contributed by atoms with Gasteiger partial charge in [-0.25, -0.2) is 4.68 Å². The van der Waals surface area contributed by atoms with E-state index in [-0.39, 0.29) is 17.4 Å². The second-order valence-electron chi connectivity index (χ2n) is 9.14. The highest BCUT2D eigenvalue weighted by atomic mass is 35.5. The fourth-order valence-electron chi connectivity index (χ4n) is 4.64. The van der Waals surface area contributed by atoms with Crippen molar-refractivity contribution in [3.63, 3.8) is 0 Å². The van der Waals surface area contributed by atoms with E-state index in [4.69, 9.17) is 27.7 Å². The van der Waals surface area contributed by atoms with Gasteiger partial charge in [-0.15, -0.1) is 0 Å². The second-order valence-corrected chi connectivity index (χ2v) is 9.98. The minimum atomic E-state index is -0.272. The third-order valence-electron chi connectivity index (χ3n) is 6.68. The van der Waals surface area contributed by atoms with Crippen molar-refractivity contribution >= 4 is 34.8 Å². The number of nitrogens with zero attached hydrogens (tertiary/aromatic N) is 5. The van der Waals surface area contributed by atoms with E-state index >= 15 is 0 Å². The number of likely N-dealkylation sites (tertiary alicyclic amines) is 1. The van der Waals surface area contributed by atoms with Crippen LogP contribution in [0.5, 0.6) is 0 Å². The summed E-state index contributed by atoms with van der Waals surface area (Å²) in [6.07, 6.45) is 1.57. The molecule has 5 rings (SSSR count). The summed E-state index contributed by atoms with van der Waals surface area (Å²) in [6.45, 7) is 3.55. The van der Waals surface area contributed by atoms with Gasteiger partial charge in [-0.3, -0.25) is 19.2 Å². The first-order valence-corrected chi connectivity index (χ1v) is 12.7. The molecule has 1 saturated heterocycles. The van der Waals surface area contributed by atoms with Gasteiger partial charge < -0.3 is 9.84 Å². The molecule has 2 aromatic heterocycles. The number of para-hydroxylation sites is 1. The Morgan fingerprint density at radius 2 is 1.97 bits per heavy atom. The van der Waals surface area contributed by atoms with Crippen LogP contribution in [0.1, 0.15) is 24.4 Å². The maximum atomic E-state index is 13.2. The van der Waals surface area contributed by atoms with Gasteiger partial charge in [0.2, 0.25) is 17.6 Å². The van der Waals surface area contributed by atoms with Crippen molar-refractivity contribution < 1.29 is 9.32 Å². The fourth-order valence-corrected chi connectivity index (χ4v) is 5.13. The van der Waals surface area contributed by atoms with Crippen LogP contribution < -0.4 is 10.9 Å². The van der Waals surface area contributed by atoms with Gasteiger partial charge in [-0.05, 0) is 56.6 Å². The number of carbonyl (C=O) groups is 1. The van der Waals surface area contributed by atoms with Gasteiger partial charge in [0.15, 0.2) is 0 Å². The number of hydrogen-bond donors (Lipinski definition) is 1. The summed E-state index contributed by atoms with van der Waals surface area (Å²) in [4.78, 5) is 33.0. The lowest BCUT2D eigenvalue weighted by Crippen LogP contribution is -2.40. The van der Waals surface area contributed by atoms with E-state index in [0.29, 0.717) is 51.8 Å². The molecule has 1 aliphatic heterocycles. The zero-order valence-corrected chi connectivity index (χ0v) is 22.0. The monoisotopic (exact) mass is 540 g/mol. The average molecular weight is 541 g/mol. The number of anilines is 1. The summed E-state index contributed by atoms with van der Waals surface area (Å²) in [5.41, 5.74) is 2.10. The largest absolute Gasteiger partial charge is 0.338 e. The third kappa shape index (κ3) is 5.20. The van der Waals surface area contributed by atoms with E-state index in [2.05, 4.69) is 20.4 Å². The normalized spacial score (nSPS) is 16.2. The molecule has 0 saturated carbocycles. The molecule has 1 N–H and O–H groups in total. The first kappa shape index (κ1) is 25.3. The molecule has 0 spiro atoms. The Bertz CT molecular complexity index is 1490. The Morgan fingerprint density at radius 3 is 2.73 bits per heavy atom. The number of halogens is 2. The highest BCUT2D eigenvalue weighted by molar-refractivity contribution is 6.36. The summed E-state index contributed by atoms with van der Waals surface area (Å²) in [5.74, 6) is 0.379. The molecule has 2 aromatic carbocycles. The van der Waals surface area contributed by atoms with Gasteiger partial charge in [0, 0.05) is 24.2 Å². The SMILES string of the molecule is Cc1c(NC(=O)C2CCCN(Cc3nc(-c4ccc(Cl)cc4Cl)no3)C2)c(=O)n(-c2ccccc2)n1C. The summed E-state index contributed by atoms with van der Waals surface area (Å²) >= 11 is 12.2. The summed E-state index contributed by atoms with van der Waals surface area (Å²) in [7, 11) is 1.80. The molecule has 192 valence electrons. The number of hydrogen-bond acceptors (Lipinski definition) is 6. The van der Waals surface area contributed by atoms with Crippen LogP contribution in [0, 0.1) is 12.8 Å². The van der Waals surface area contributed by atoms with E-state index in [1.807, 2.05) is 37.3 Å². The van der Waals surface area contributed by atoms with Crippen molar-refractivity contribution in [1.82, 2.24) is 24.4 Å². The molecular formula is C26H26Cl2N6O3. The topological polar surface area (TPSA) is 98.2 Å².